The van der Waals surface area contributed by atoms with E-state index in [1.54, 1.807) is 9.58 Å². The summed E-state index contributed by atoms with van der Waals surface area (Å²) in [6, 6.07) is 7.57. The van der Waals surface area contributed by atoms with Gasteiger partial charge in [0.25, 0.3) is 0 Å². The van der Waals surface area contributed by atoms with Crippen LogP contribution in [0, 0.1) is 5.92 Å². The molecule has 1 aromatic carbocycles. The molecule has 25 heavy (non-hydrogen) atoms. The highest BCUT2D eigenvalue weighted by molar-refractivity contribution is 9.10. The summed E-state index contributed by atoms with van der Waals surface area (Å²) in [5, 5.41) is 7.08. The van der Waals surface area contributed by atoms with Gasteiger partial charge in [-0.05, 0) is 46.5 Å². The average Bonchev–Trinajstić information content (AvgIpc) is 3.18. The number of rotatable bonds is 6. The van der Waals surface area contributed by atoms with Crippen molar-refractivity contribution in [1.82, 2.24) is 15.1 Å². The minimum Gasteiger partial charge on any atom is -0.356 e. The third-order valence-electron chi connectivity index (χ3n) is 4.34. The highest BCUT2D eigenvalue weighted by atomic mass is 79.9. The zero-order chi connectivity index (χ0) is 17.8. The lowest BCUT2D eigenvalue weighted by atomic mass is 10.1. The van der Waals surface area contributed by atoms with E-state index in [0.29, 0.717) is 13.1 Å². The second-order valence-corrected chi connectivity index (χ2v) is 7.13. The quantitative estimate of drug-likeness (QED) is 0.750. The molecular formula is C18H21BrN4O2. The van der Waals surface area contributed by atoms with E-state index in [-0.39, 0.29) is 24.2 Å². The summed E-state index contributed by atoms with van der Waals surface area (Å²) in [5.74, 6) is -0.352. The van der Waals surface area contributed by atoms with Crippen molar-refractivity contribution in [2.24, 2.45) is 13.0 Å². The molecule has 1 atom stereocenters. The second kappa shape index (κ2) is 7.82. The van der Waals surface area contributed by atoms with Crippen LogP contribution in [0.25, 0.3) is 0 Å². The Morgan fingerprint density at radius 1 is 1.40 bits per heavy atom. The molecule has 2 aromatic rings. The molecule has 0 aliphatic carbocycles. The number of benzene rings is 1. The number of hydrogen-bond acceptors (Lipinski definition) is 3. The van der Waals surface area contributed by atoms with E-state index in [1.807, 2.05) is 43.7 Å². The first-order valence-corrected chi connectivity index (χ1v) is 9.14. The summed E-state index contributed by atoms with van der Waals surface area (Å²) in [6.45, 7) is 1.03. The van der Waals surface area contributed by atoms with Crippen LogP contribution in [-0.2, 0) is 23.1 Å². The first kappa shape index (κ1) is 17.7. The number of para-hydroxylation sites is 1. The topological polar surface area (TPSA) is 67.2 Å². The van der Waals surface area contributed by atoms with Crippen molar-refractivity contribution in [3.05, 3.63) is 46.7 Å². The van der Waals surface area contributed by atoms with Gasteiger partial charge in [0.2, 0.25) is 11.8 Å². The van der Waals surface area contributed by atoms with E-state index in [0.717, 1.165) is 28.6 Å². The molecule has 1 aromatic heterocycles. The van der Waals surface area contributed by atoms with Crippen molar-refractivity contribution in [3.8, 4) is 0 Å². The third-order valence-corrected chi connectivity index (χ3v) is 5.01. The van der Waals surface area contributed by atoms with E-state index in [9.17, 15) is 9.59 Å². The zero-order valence-electron chi connectivity index (χ0n) is 14.1. The maximum atomic E-state index is 12.3. The Labute approximate surface area is 155 Å². The molecule has 2 heterocycles. The maximum Gasteiger partial charge on any atom is 0.227 e. The maximum absolute atomic E-state index is 12.3. The predicted octanol–water partition coefficient (Wildman–Crippen LogP) is 2.28. The summed E-state index contributed by atoms with van der Waals surface area (Å²) in [5.41, 5.74) is 1.98. The molecular weight excluding hydrogens is 384 g/mol. The second-order valence-electron chi connectivity index (χ2n) is 6.27. The number of aryl methyl sites for hydroxylation is 2. The van der Waals surface area contributed by atoms with Gasteiger partial charge in [-0.3, -0.25) is 14.3 Å². The zero-order valence-corrected chi connectivity index (χ0v) is 15.7. The number of anilines is 1. The first-order valence-electron chi connectivity index (χ1n) is 8.34. The van der Waals surface area contributed by atoms with Crippen molar-refractivity contribution in [1.29, 1.82) is 0 Å². The van der Waals surface area contributed by atoms with Crippen molar-refractivity contribution in [3.63, 3.8) is 0 Å². The first-order chi connectivity index (χ1) is 12.0. The molecule has 7 heteroatoms. The number of amides is 2. The lowest BCUT2D eigenvalue weighted by Crippen LogP contribution is -2.33. The molecule has 1 aliphatic rings. The van der Waals surface area contributed by atoms with Crippen LogP contribution in [0.4, 0.5) is 5.69 Å². The van der Waals surface area contributed by atoms with Crippen molar-refractivity contribution in [2.75, 3.05) is 18.0 Å². The fourth-order valence-corrected chi connectivity index (χ4v) is 3.53. The van der Waals surface area contributed by atoms with Crippen LogP contribution in [0.3, 0.4) is 0 Å². The van der Waals surface area contributed by atoms with Crippen LogP contribution in [0.1, 0.15) is 18.4 Å². The normalized spacial score (nSPS) is 17.1. The smallest absolute Gasteiger partial charge is 0.227 e. The molecule has 1 unspecified atom stereocenters. The Hall–Kier alpha value is -2.15. The number of carbonyl (C=O) groups is 2. The Balaban J connectivity index is 1.48. The van der Waals surface area contributed by atoms with Gasteiger partial charge in [-0.1, -0.05) is 12.1 Å². The van der Waals surface area contributed by atoms with Crippen molar-refractivity contribution >= 4 is 33.4 Å². The van der Waals surface area contributed by atoms with Gasteiger partial charge >= 0.3 is 0 Å². The minimum atomic E-state index is -0.294. The Morgan fingerprint density at radius 2 is 2.20 bits per heavy atom. The molecule has 0 saturated carbocycles. The van der Waals surface area contributed by atoms with E-state index in [1.165, 1.54) is 0 Å². The largest absolute Gasteiger partial charge is 0.356 e. The molecule has 132 valence electrons. The summed E-state index contributed by atoms with van der Waals surface area (Å²) in [7, 11) is 1.89. The molecule has 0 spiro atoms. The molecule has 0 radical (unpaired) electrons. The molecule has 6 nitrogen and oxygen atoms in total. The van der Waals surface area contributed by atoms with Gasteiger partial charge in [-0.2, -0.15) is 5.10 Å². The van der Waals surface area contributed by atoms with Gasteiger partial charge in [-0.25, -0.2) is 0 Å². The molecule has 0 bridgehead atoms. The van der Waals surface area contributed by atoms with Gasteiger partial charge in [-0.15, -0.1) is 0 Å². The minimum absolute atomic E-state index is 0.0117. The summed E-state index contributed by atoms with van der Waals surface area (Å²) in [4.78, 5) is 26.3. The van der Waals surface area contributed by atoms with Crippen molar-refractivity contribution < 1.29 is 9.59 Å². The Bertz CT molecular complexity index is 774. The van der Waals surface area contributed by atoms with E-state index >= 15 is 0 Å². The SMILES string of the molecule is Cn1cc(CCCNC(=O)C2CC(=O)N(c3ccccc3Br)C2)cn1. The van der Waals surface area contributed by atoms with Crippen LogP contribution in [0.2, 0.25) is 0 Å². The number of nitrogens with zero attached hydrogens (tertiary/aromatic N) is 3. The van der Waals surface area contributed by atoms with Gasteiger partial charge < -0.3 is 10.2 Å². The van der Waals surface area contributed by atoms with Gasteiger partial charge in [0, 0.05) is 37.2 Å². The van der Waals surface area contributed by atoms with Gasteiger partial charge in [0.05, 0.1) is 17.8 Å². The Morgan fingerprint density at radius 3 is 2.92 bits per heavy atom. The fraction of sp³-hybridized carbons (Fsp3) is 0.389. The predicted molar refractivity (Wildman–Crippen MR) is 99.1 cm³/mol. The molecule has 3 rings (SSSR count). The van der Waals surface area contributed by atoms with Crippen molar-refractivity contribution in [2.45, 2.75) is 19.3 Å². The molecule has 1 aliphatic heterocycles. The summed E-state index contributed by atoms with van der Waals surface area (Å²) in [6.07, 6.45) is 5.81. The van der Waals surface area contributed by atoms with E-state index in [4.69, 9.17) is 0 Å². The van der Waals surface area contributed by atoms with Gasteiger partial charge in [0.15, 0.2) is 0 Å². The number of carbonyl (C=O) groups excluding carboxylic acids is 2. The standard InChI is InChI=1S/C18H21BrN4O2/c1-22-11-13(10-21-22)5-4-8-20-18(25)14-9-17(24)23(12-14)16-7-3-2-6-15(16)19/h2-3,6-7,10-11,14H,4-5,8-9,12H2,1H3,(H,20,25). The van der Waals surface area contributed by atoms with E-state index < -0.39 is 0 Å². The number of hydrogen-bond donors (Lipinski definition) is 1. The lowest BCUT2D eigenvalue weighted by Gasteiger charge is -2.18. The van der Waals surface area contributed by atoms with Crippen LogP contribution >= 0.6 is 15.9 Å². The highest BCUT2D eigenvalue weighted by Gasteiger charge is 2.35. The van der Waals surface area contributed by atoms with Crippen LogP contribution in [0.5, 0.6) is 0 Å². The fourth-order valence-electron chi connectivity index (χ4n) is 3.04. The molecule has 1 fully saturated rings. The van der Waals surface area contributed by atoms with Crippen LogP contribution < -0.4 is 10.2 Å². The van der Waals surface area contributed by atoms with E-state index in [2.05, 4.69) is 26.3 Å². The highest BCUT2D eigenvalue weighted by Crippen LogP contribution is 2.31. The summed E-state index contributed by atoms with van der Waals surface area (Å²) < 4.78 is 2.63. The molecule has 1 saturated heterocycles. The van der Waals surface area contributed by atoms with Crippen LogP contribution in [-0.4, -0.2) is 34.7 Å². The molecule has 2 amide bonds. The molecule has 1 N–H and O–H groups in total. The average molecular weight is 405 g/mol. The number of nitrogens with one attached hydrogen (secondary N) is 1. The Kier molecular flexibility index (Phi) is 5.53. The van der Waals surface area contributed by atoms with Gasteiger partial charge in [0.1, 0.15) is 0 Å². The third kappa shape index (κ3) is 4.28. The number of halogens is 1. The summed E-state index contributed by atoms with van der Waals surface area (Å²) >= 11 is 3.46. The van der Waals surface area contributed by atoms with Crippen LogP contribution in [0.15, 0.2) is 41.1 Å². The lowest BCUT2D eigenvalue weighted by molar-refractivity contribution is -0.126. The monoisotopic (exact) mass is 404 g/mol. The number of aromatic nitrogens is 2.